The molecule has 0 aliphatic heterocycles. The number of benzene rings is 6. The first-order valence-electron chi connectivity index (χ1n) is 18.6. The Balaban J connectivity index is 0.000000238. The van der Waals surface area contributed by atoms with Gasteiger partial charge in [-0.2, -0.15) is 0 Å². The summed E-state index contributed by atoms with van der Waals surface area (Å²) in [6.45, 7) is 13.7. The van der Waals surface area contributed by atoms with Crippen molar-refractivity contribution in [2.75, 3.05) is 0 Å². The third kappa shape index (κ3) is 7.68. The average Bonchev–Trinajstić information content (AvgIpc) is 3.77. The van der Waals surface area contributed by atoms with Crippen molar-refractivity contribution in [3.05, 3.63) is 169 Å². The molecule has 1 radical (unpaired) electrons. The molecule has 0 fully saturated rings. The molecular weight excluding hydrogens is 886 g/mol. The van der Waals surface area contributed by atoms with Crippen LogP contribution in [0.1, 0.15) is 26.3 Å². The van der Waals surface area contributed by atoms with E-state index >= 15 is 0 Å². The van der Waals surface area contributed by atoms with E-state index in [2.05, 4.69) is 105 Å². The normalized spacial score (nSPS) is 11.7. The minimum absolute atomic E-state index is 0. The van der Waals surface area contributed by atoms with Gasteiger partial charge < -0.3 is 14.0 Å². The number of para-hydroxylation sites is 2. The maximum Gasteiger partial charge on any atom is 0.123 e. The van der Waals surface area contributed by atoms with Gasteiger partial charge >= 0.3 is 0 Å². The molecule has 0 atom stereocenters. The largest absolute Gasteiger partial charge is 0.501 e. The van der Waals surface area contributed by atoms with Gasteiger partial charge in [-0.3, -0.25) is 4.98 Å². The second kappa shape index (κ2) is 15.6. The molecule has 3 heterocycles. The number of nitrogens with zero attached hydrogens (tertiary/aromatic N) is 3. The van der Waals surface area contributed by atoms with Crippen LogP contribution in [0.15, 0.2) is 150 Å². The number of furan rings is 1. The Hall–Kier alpha value is -5.46. The van der Waals surface area contributed by atoms with Crippen LogP contribution in [0, 0.1) is 17.9 Å². The summed E-state index contributed by atoms with van der Waals surface area (Å²) in [5.74, 6) is 0.516. The summed E-state index contributed by atoms with van der Waals surface area (Å²) < 4.78 is 22.4. The zero-order valence-electron chi connectivity index (χ0n) is 32.3. The number of fused-ring (bicyclic) bond motifs is 4. The number of halogens is 1. The van der Waals surface area contributed by atoms with E-state index in [4.69, 9.17) is 9.40 Å². The van der Waals surface area contributed by atoms with Crippen molar-refractivity contribution in [3.63, 3.8) is 0 Å². The molecule has 0 bridgehead atoms. The van der Waals surface area contributed by atoms with E-state index in [0.717, 1.165) is 72.4 Å². The number of pyridine rings is 1. The topological polar surface area (TPSA) is 43.9 Å². The molecular formula is C49H42FIrN3OSi-2. The minimum atomic E-state index is -1.23. The standard InChI is InChI=1S/C35H26FN2O.C14H16NSi.Ir/c1-35(2,3)23-16-20-25(21-17-23)38-30-12-5-4-11-29(30)37-34(38)28-10-6-9-27-32-26(22-14-18-24(36)19-15-22)8-7-13-31(32)39-33(27)28;1-16(2,3)13-9-10-14(15-11-13)12-7-5-4-6-8-12;/h4-9,11-21H,1-3H3;4-7,9-11H,1-3H3;/q2*-1;. The van der Waals surface area contributed by atoms with E-state index in [-0.39, 0.29) is 31.3 Å². The summed E-state index contributed by atoms with van der Waals surface area (Å²) >= 11 is 0. The van der Waals surface area contributed by atoms with Gasteiger partial charge in [0.25, 0.3) is 0 Å². The molecule has 0 saturated carbocycles. The van der Waals surface area contributed by atoms with Gasteiger partial charge in [-0.1, -0.05) is 112 Å². The van der Waals surface area contributed by atoms with E-state index in [0.29, 0.717) is 0 Å². The molecule has 9 aromatic rings. The first-order valence-corrected chi connectivity index (χ1v) is 22.1. The van der Waals surface area contributed by atoms with Crippen molar-refractivity contribution in [1.82, 2.24) is 14.5 Å². The summed E-state index contributed by atoms with van der Waals surface area (Å²) in [6, 6.07) is 52.3. The van der Waals surface area contributed by atoms with Gasteiger partial charge in [-0.25, -0.2) is 4.39 Å². The van der Waals surface area contributed by atoms with Crippen LogP contribution in [-0.2, 0) is 25.5 Å². The summed E-state index contributed by atoms with van der Waals surface area (Å²) in [5.41, 5.74) is 10.6. The van der Waals surface area contributed by atoms with Crippen LogP contribution < -0.4 is 5.19 Å². The minimum Gasteiger partial charge on any atom is -0.501 e. The van der Waals surface area contributed by atoms with Crippen molar-refractivity contribution in [2.45, 2.75) is 45.8 Å². The number of hydrogen-bond donors (Lipinski definition) is 0. The second-order valence-electron chi connectivity index (χ2n) is 15.9. The first-order chi connectivity index (χ1) is 26.5. The number of hydrogen-bond acceptors (Lipinski definition) is 3. The van der Waals surface area contributed by atoms with Gasteiger partial charge in [0.1, 0.15) is 11.4 Å². The molecule has 0 amide bonds. The fourth-order valence-electron chi connectivity index (χ4n) is 6.94. The van der Waals surface area contributed by atoms with Gasteiger partial charge in [0.05, 0.1) is 30.5 Å². The molecule has 0 N–H and O–H groups in total. The molecule has 0 aliphatic rings. The SMILES string of the molecule is CC(C)(C)c1ccc(-n2c(-c3[c-]ccc4c3oc3cccc(-c5ccc(F)cc5)c34)nc3ccccc32)cc1.C[Si](C)(C)c1ccc(-c2[c-]cccc2)nc1.[Ir]. The Morgan fingerprint density at radius 3 is 2.16 bits per heavy atom. The van der Waals surface area contributed by atoms with E-state index in [9.17, 15) is 4.39 Å². The Kier molecular flexibility index (Phi) is 10.8. The van der Waals surface area contributed by atoms with Crippen LogP contribution in [0.25, 0.3) is 72.4 Å². The van der Waals surface area contributed by atoms with Crippen LogP contribution in [0.4, 0.5) is 4.39 Å². The molecule has 56 heavy (non-hydrogen) atoms. The predicted octanol–water partition coefficient (Wildman–Crippen LogP) is 12.6. The Bertz CT molecular complexity index is 2760. The summed E-state index contributed by atoms with van der Waals surface area (Å²) in [5, 5.41) is 3.36. The molecule has 7 heteroatoms. The average molecular weight is 928 g/mol. The van der Waals surface area contributed by atoms with Gasteiger partial charge in [0, 0.05) is 37.4 Å². The fourth-order valence-corrected chi connectivity index (χ4v) is 7.98. The van der Waals surface area contributed by atoms with Crippen molar-refractivity contribution < 1.29 is 28.9 Å². The van der Waals surface area contributed by atoms with Crippen LogP contribution in [0.5, 0.6) is 0 Å². The fraction of sp³-hybridized carbons (Fsp3) is 0.143. The zero-order valence-corrected chi connectivity index (χ0v) is 35.7. The van der Waals surface area contributed by atoms with E-state index in [1.54, 1.807) is 12.1 Å². The summed E-state index contributed by atoms with van der Waals surface area (Å²) in [7, 11) is -1.23. The van der Waals surface area contributed by atoms with E-state index < -0.39 is 8.07 Å². The second-order valence-corrected chi connectivity index (χ2v) is 21.0. The monoisotopic (exact) mass is 928 g/mol. The quantitative estimate of drug-likeness (QED) is 0.128. The molecule has 281 valence electrons. The Morgan fingerprint density at radius 2 is 1.48 bits per heavy atom. The molecule has 9 rings (SSSR count). The van der Waals surface area contributed by atoms with Crippen LogP contribution in [-0.4, -0.2) is 22.6 Å². The maximum absolute atomic E-state index is 13.7. The van der Waals surface area contributed by atoms with Crippen molar-refractivity contribution >= 4 is 46.2 Å². The number of aromatic nitrogens is 3. The summed E-state index contributed by atoms with van der Waals surface area (Å²) in [6.07, 6.45) is 2.02. The molecule has 0 spiro atoms. The number of imidazole rings is 1. The molecule has 0 unspecified atom stereocenters. The smallest absolute Gasteiger partial charge is 0.123 e. The molecule has 0 aliphatic carbocycles. The zero-order chi connectivity index (χ0) is 38.3. The third-order valence-corrected chi connectivity index (χ3v) is 12.0. The first kappa shape index (κ1) is 38.8. The van der Waals surface area contributed by atoms with Gasteiger partial charge in [0.2, 0.25) is 0 Å². The van der Waals surface area contributed by atoms with Crippen molar-refractivity contribution in [1.29, 1.82) is 0 Å². The van der Waals surface area contributed by atoms with Crippen molar-refractivity contribution in [3.8, 4) is 39.5 Å². The maximum atomic E-state index is 13.7. The Labute approximate surface area is 342 Å². The molecule has 0 saturated heterocycles. The van der Waals surface area contributed by atoms with E-state index in [1.807, 2.05) is 79.0 Å². The predicted molar refractivity (Wildman–Crippen MR) is 228 cm³/mol. The molecule has 4 nitrogen and oxygen atoms in total. The third-order valence-electron chi connectivity index (χ3n) is 10.0. The van der Waals surface area contributed by atoms with Gasteiger partial charge in [-0.15, -0.1) is 54.1 Å². The molecule has 3 aromatic heterocycles. The van der Waals surface area contributed by atoms with Crippen molar-refractivity contribution in [2.24, 2.45) is 0 Å². The van der Waals surface area contributed by atoms with Crippen LogP contribution >= 0.6 is 0 Å². The Morgan fingerprint density at radius 1 is 0.732 bits per heavy atom. The van der Waals surface area contributed by atoms with Crippen LogP contribution in [0.3, 0.4) is 0 Å². The number of rotatable bonds is 5. The van der Waals surface area contributed by atoms with Gasteiger partial charge in [0.15, 0.2) is 0 Å². The molecule has 6 aromatic carbocycles. The van der Waals surface area contributed by atoms with E-state index in [1.165, 1.54) is 22.9 Å². The van der Waals surface area contributed by atoms with Crippen LogP contribution in [0.2, 0.25) is 19.6 Å². The summed E-state index contributed by atoms with van der Waals surface area (Å²) in [4.78, 5) is 9.59. The van der Waals surface area contributed by atoms with Gasteiger partial charge in [-0.05, 0) is 75.5 Å².